The number of benzene rings is 1. The van der Waals surface area contributed by atoms with Crippen molar-refractivity contribution in [2.75, 3.05) is 5.73 Å². The maximum Gasteiger partial charge on any atom is 0.152 e. The number of nitrogens with two attached hydrogens (primary N) is 1. The molecule has 0 fully saturated rings. The van der Waals surface area contributed by atoms with Crippen molar-refractivity contribution in [2.45, 2.75) is 13.5 Å². The Kier molecular flexibility index (Phi) is 2.30. The van der Waals surface area contributed by atoms with Crippen LogP contribution in [0.5, 0.6) is 0 Å². The molecule has 0 atom stereocenters. The average Bonchev–Trinajstić information content (AvgIpc) is 2.73. The molecule has 0 amide bonds. The molecule has 18 heavy (non-hydrogen) atoms. The van der Waals surface area contributed by atoms with Crippen molar-refractivity contribution in [1.82, 2.24) is 14.5 Å². The van der Waals surface area contributed by atoms with Gasteiger partial charge in [-0.05, 0) is 13.0 Å². The van der Waals surface area contributed by atoms with E-state index in [-0.39, 0.29) is 0 Å². The Morgan fingerprint density at radius 1 is 1.39 bits per heavy atom. The third-order valence-electron chi connectivity index (χ3n) is 2.92. The molecular formula is C14H14N4. The van der Waals surface area contributed by atoms with E-state index in [2.05, 4.69) is 21.1 Å². The number of hydrogen-bond donors (Lipinski definition) is 1. The third kappa shape index (κ3) is 1.54. The maximum absolute atomic E-state index is 5.96. The van der Waals surface area contributed by atoms with Crippen LogP contribution in [0.25, 0.3) is 21.9 Å². The summed E-state index contributed by atoms with van der Waals surface area (Å²) in [5, 5.41) is 1.07. The van der Waals surface area contributed by atoms with Gasteiger partial charge in [-0.2, -0.15) is 0 Å². The molecule has 0 spiro atoms. The van der Waals surface area contributed by atoms with Gasteiger partial charge in [0.2, 0.25) is 0 Å². The molecule has 0 bridgehead atoms. The van der Waals surface area contributed by atoms with Crippen LogP contribution in [0.3, 0.4) is 0 Å². The largest absolute Gasteiger partial charge is 0.382 e. The molecule has 0 saturated carbocycles. The zero-order valence-corrected chi connectivity index (χ0v) is 10.2. The number of pyridine rings is 1. The van der Waals surface area contributed by atoms with E-state index in [1.165, 1.54) is 0 Å². The minimum atomic E-state index is 0.476. The number of allylic oxidation sites excluding steroid dienone is 1. The van der Waals surface area contributed by atoms with Gasteiger partial charge in [-0.1, -0.05) is 30.4 Å². The van der Waals surface area contributed by atoms with Gasteiger partial charge in [-0.25, -0.2) is 9.97 Å². The average molecular weight is 238 g/mol. The molecule has 2 N–H and O–H groups in total. The zero-order valence-electron chi connectivity index (χ0n) is 10.2. The van der Waals surface area contributed by atoms with Crippen LogP contribution in [-0.2, 0) is 6.54 Å². The van der Waals surface area contributed by atoms with E-state index in [1.54, 1.807) is 6.33 Å². The first-order valence-electron chi connectivity index (χ1n) is 5.80. The summed E-state index contributed by atoms with van der Waals surface area (Å²) < 4.78 is 2.07. The van der Waals surface area contributed by atoms with E-state index in [9.17, 15) is 0 Å². The van der Waals surface area contributed by atoms with E-state index < -0.39 is 0 Å². The lowest BCUT2D eigenvalue weighted by atomic mass is 10.2. The Balaban J connectivity index is 2.43. The first-order valence-corrected chi connectivity index (χ1v) is 5.80. The molecule has 2 heterocycles. The number of nitrogen functional groups attached to an aromatic ring is 1. The molecule has 0 unspecified atom stereocenters. The standard InChI is InChI=1S/C14H14N4/c1-9(2)7-18-8-16-12-13(18)10-5-3-4-6-11(10)17-14(12)15/h3-6,8H,1,7H2,2H3,(H2,15,17). The summed E-state index contributed by atoms with van der Waals surface area (Å²) >= 11 is 0. The molecular weight excluding hydrogens is 224 g/mol. The smallest absolute Gasteiger partial charge is 0.152 e. The minimum Gasteiger partial charge on any atom is -0.382 e. The predicted molar refractivity (Wildman–Crippen MR) is 74.3 cm³/mol. The van der Waals surface area contributed by atoms with Gasteiger partial charge in [0.15, 0.2) is 5.82 Å². The molecule has 0 aliphatic rings. The van der Waals surface area contributed by atoms with E-state index in [4.69, 9.17) is 5.73 Å². The number of hydrogen-bond acceptors (Lipinski definition) is 3. The second-order valence-electron chi connectivity index (χ2n) is 4.54. The highest BCUT2D eigenvalue weighted by molar-refractivity contribution is 6.06. The monoisotopic (exact) mass is 238 g/mol. The lowest BCUT2D eigenvalue weighted by Crippen LogP contribution is -1.99. The lowest BCUT2D eigenvalue weighted by Gasteiger charge is -2.07. The van der Waals surface area contributed by atoms with Gasteiger partial charge in [-0.15, -0.1) is 0 Å². The Morgan fingerprint density at radius 2 is 2.17 bits per heavy atom. The summed E-state index contributed by atoms with van der Waals surface area (Å²) in [6.07, 6.45) is 1.80. The number of fused-ring (bicyclic) bond motifs is 3. The second kappa shape index (κ2) is 3.84. The maximum atomic E-state index is 5.96. The van der Waals surface area contributed by atoms with E-state index >= 15 is 0 Å². The molecule has 3 rings (SSSR count). The highest BCUT2D eigenvalue weighted by atomic mass is 15.1. The van der Waals surface area contributed by atoms with Crippen LogP contribution >= 0.6 is 0 Å². The fourth-order valence-electron chi connectivity index (χ4n) is 2.22. The van der Waals surface area contributed by atoms with Gasteiger partial charge in [0.1, 0.15) is 5.52 Å². The van der Waals surface area contributed by atoms with Gasteiger partial charge < -0.3 is 10.3 Å². The summed E-state index contributed by atoms with van der Waals surface area (Å²) in [5.41, 5.74) is 9.72. The first-order chi connectivity index (χ1) is 8.66. The molecule has 2 aromatic heterocycles. The van der Waals surface area contributed by atoms with Crippen LogP contribution in [0.15, 0.2) is 42.7 Å². The lowest BCUT2D eigenvalue weighted by molar-refractivity contribution is 0.813. The van der Waals surface area contributed by atoms with Crippen LogP contribution < -0.4 is 5.73 Å². The van der Waals surface area contributed by atoms with Crippen molar-refractivity contribution in [3.05, 3.63) is 42.7 Å². The first kappa shape index (κ1) is 10.8. The summed E-state index contributed by atoms with van der Waals surface area (Å²) in [5.74, 6) is 0.476. The van der Waals surface area contributed by atoms with Crippen molar-refractivity contribution >= 4 is 27.8 Å². The fourth-order valence-corrected chi connectivity index (χ4v) is 2.22. The van der Waals surface area contributed by atoms with E-state index in [0.29, 0.717) is 5.82 Å². The highest BCUT2D eigenvalue weighted by Crippen LogP contribution is 2.27. The Hall–Kier alpha value is -2.36. The van der Waals surface area contributed by atoms with E-state index in [1.807, 2.05) is 31.2 Å². The van der Waals surface area contributed by atoms with Crippen LogP contribution in [0.4, 0.5) is 5.82 Å². The molecule has 0 saturated heterocycles. The van der Waals surface area contributed by atoms with Crippen LogP contribution in [0.2, 0.25) is 0 Å². The van der Waals surface area contributed by atoms with Crippen molar-refractivity contribution in [3.8, 4) is 0 Å². The molecule has 0 aliphatic heterocycles. The van der Waals surface area contributed by atoms with Crippen molar-refractivity contribution in [3.63, 3.8) is 0 Å². The molecule has 0 radical (unpaired) electrons. The number of nitrogens with zero attached hydrogens (tertiary/aromatic N) is 3. The van der Waals surface area contributed by atoms with Gasteiger partial charge in [0.05, 0.1) is 17.4 Å². The quantitative estimate of drug-likeness (QED) is 0.698. The van der Waals surface area contributed by atoms with Crippen LogP contribution in [-0.4, -0.2) is 14.5 Å². The number of rotatable bonds is 2. The Labute approximate surface area is 105 Å². The van der Waals surface area contributed by atoms with Crippen molar-refractivity contribution in [2.24, 2.45) is 0 Å². The molecule has 0 aliphatic carbocycles. The topological polar surface area (TPSA) is 56.7 Å². The van der Waals surface area contributed by atoms with Gasteiger partial charge >= 0.3 is 0 Å². The SMILES string of the molecule is C=C(C)Cn1cnc2c(N)nc3ccccc3c21. The number of para-hydroxylation sites is 1. The van der Waals surface area contributed by atoms with Crippen LogP contribution in [0.1, 0.15) is 6.92 Å². The molecule has 3 aromatic rings. The fraction of sp³-hybridized carbons (Fsp3) is 0.143. The minimum absolute atomic E-state index is 0.476. The van der Waals surface area contributed by atoms with Crippen molar-refractivity contribution in [1.29, 1.82) is 0 Å². The normalized spacial score (nSPS) is 11.2. The summed E-state index contributed by atoms with van der Waals surface area (Å²) in [4.78, 5) is 8.73. The highest BCUT2D eigenvalue weighted by Gasteiger charge is 2.11. The Morgan fingerprint density at radius 3 is 2.94 bits per heavy atom. The molecule has 4 heteroatoms. The second-order valence-corrected chi connectivity index (χ2v) is 4.54. The number of imidazole rings is 1. The summed E-state index contributed by atoms with van der Waals surface area (Å²) in [6.45, 7) is 6.68. The van der Waals surface area contributed by atoms with Gasteiger partial charge in [0, 0.05) is 11.9 Å². The number of aromatic nitrogens is 3. The molecule has 1 aromatic carbocycles. The van der Waals surface area contributed by atoms with E-state index in [0.717, 1.165) is 34.1 Å². The van der Waals surface area contributed by atoms with Gasteiger partial charge in [-0.3, -0.25) is 0 Å². The number of anilines is 1. The Bertz CT molecular complexity index is 755. The van der Waals surface area contributed by atoms with Crippen molar-refractivity contribution < 1.29 is 0 Å². The zero-order chi connectivity index (χ0) is 12.7. The third-order valence-corrected chi connectivity index (χ3v) is 2.92. The molecule has 4 nitrogen and oxygen atoms in total. The predicted octanol–water partition coefficient (Wildman–Crippen LogP) is 2.74. The van der Waals surface area contributed by atoms with Crippen LogP contribution in [0, 0.1) is 0 Å². The van der Waals surface area contributed by atoms with Gasteiger partial charge in [0.25, 0.3) is 0 Å². The summed E-state index contributed by atoms with van der Waals surface area (Å²) in [7, 11) is 0. The molecule has 90 valence electrons. The summed E-state index contributed by atoms with van der Waals surface area (Å²) in [6, 6.07) is 7.96.